The van der Waals surface area contributed by atoms with Gasteiger partial charge in [0.15, 0.2) is 17.5 Å². The number of amides is 1. The SMILES string of the molecule is CCNC(=NCCCN1CCCCCC1=O)Nc1ccc2c(c1)OCCCO2. The molecule has 28 heavy (non-hydrogen) atoms. The molecule has 3 rings (SSSR count). The molecular weight excluding hydrogens is 356 g/mol. The Morgan fingerprint density at radius 3 is 2.86 bits per heavy atom. The molecule has 0 radical (unpaired) electrons. The molecule has 7 heteroatoms. The molecule has 0 spiro atoms. The molecule has 2 aliphatic heterocycles. The van der Waals surface area contributed by atoms with Crippen LogP contribution in [0.1, 0.15) is 45.4 Å². The van der Waals surface area contributed by atoms with Crippen molar-refractivity contribution in [1.29, 1.82) is 0 Å². The van der Waals surface area contributed by atoms with Gasteiger partial charge < -0.3 is 25.0 Å². The van der Waals surface area contributed by atoms with E-state index in [2.05, 4.69) is 15.6 Å². The molecule has 2 N–H and O–H groups in total. The Bertz CT molecular complexity index is 678. The summed E-state index contributed by atoms with van der Waals surface area (Å²) in [5, 5.41) is 6.60. The molecule has 7 nitrogen and oxygen atoms in total. The fourth-order valence-electron chi connectivity index (χ4n) is 3.41. The van der Waals surface area contributed by atoms with Crippen LogP contribution in [-0.4, -0.2) is 56.2 Å². The van der Waals surface area contributed by atoms with E-state index in [1.165, 1.54) is 0 Å². The van der Waals surface area contributed by atoms with Gasteiger partial charge in [-0.15, -0.1) is 0 Å². The molecule has 1 aromatic rings. The first-order chi connectivity index (χ1) is 13.8. The average molecular weight is 389 g/mol. The maximum atomic E-state index is 12.1. The van der Waals surface area contributed by atoms with Crippen LogP contribution in [0.3, 0.4) is 0 Å². The zero-order valence-corrected chi connectivity index (χ0v) is 16.8. The van der Waals surface area contributed by atoms with E-state index in [1.807, 2.05) is 30.0 Å². The van der Waals surface area contributed by atoms with Gasteiger partial charge >= 0.3 is 0 Å². The molecule has 0 aliphatic carbocycles. The lowest BCUT2D eigenvalue weighted by Gasteiger charge is -2.20. The van der Waals surface area contributed by atoms with E-state index in [1.54, 1.807) is 0 Å². The number of rotatable bonds is 6. The molecular formula is C21H32N4O3. The van der Waals surface area contributed by atoms with E-state index < -0.39 is 0 Å². The van der Waals surface area contributed by atoms with Crippen molar-refractivity contribution >= 4 is 17.6 Å². The number of benzene rings is 1. The van der Waals surface area contributed by atoms with Crippen LogP contribution in [0.5, 0.6) is 11.5 Å². The van der Waals surface area contributed by atoms with Crippen molar-refractivity contribution in [3.8, 4) is 11.5 Å². The van der Waals surface area contributed by atoms with Crippen molar-refractivity contribution in [3.63, 3.8) is 0 Å². The topological polar surface area (TPSA) is 75.2 Å². The van der Waals surface area contributed by atoms with Gasteiger partial charge in [0.2, 0.25) is 5.91 Å². The smallest absolute Gasteiger partial charge is 0.222 e. The lowest BCUT2D eigenvalue weighted by molar-refractivity contribution is -0.130. The van der Waals surface area contributed by atoms with Crippen LogP contribution < -0.4 is 20.1 Å². The molecule has 154 valence electrons. The summed E-state index contributed by atoms with van der Waals surface area (Å²) in [5.74, 6) is 2.57. The van der Waals surface area contributed by atoms with Gasteiger partial charge in [-0.2, -0.15) is 0 Å². The van der Waals surface area contributed by atoms with Crippen LogP contribution in [0.2, 0.25) is 0 Å². The third-order valence-corrected chi connectivity index (χ3v) is 4.88. The van der Waals surface area contributed by atoms with Crippen molar-refractivity contribution < 1.29 is 14.3 Å². The number of guanidine groups is 1. The Morgan fingerprint density at radius 1 is 1.14 bits per heavy atom. The Labute approximate surface area is 167 Å². The first-order valence-corrected chi connectivity index (χ1v) is 10.5. The Hall–Kier alpha value is -2.44. The van der Waals surface area contributed by atoms with Gasteiger partial charge in [-0.25, -0.2) is 0 Å². The quantitative estimate of drug-likeness (QED) is 0.445. The molecule has 1 saturated heterocycles. The Morgan fingerprint density at radius 2 is 2.00 bits per heavy atom. The molecule has 0 atom stereocenters. The number of carbonyl (C=O) groups is 1. The lowest BCUT2D eigenvalue weighted by Crippen LogP contribution is -2.32. The highest BCUT2D eigenvalue weighted by Gasteiger charge is 2.15. The standard InChI is InChI=1S/C21H32N4O3/c1-2-22-21(23-11-6-13-25-12-5-3-4-8-20(25)26)24-17-9-10-18-19(16-17)28-15-7-14-27-18/h9-10,16H,2-8,11-15H2,1H3,(H2,22,23,24). The minimum absolute atomic E-state index is 0.290. The summed E-state index contributed by atoms with van der Waals surface area (Å²) in [6, 6.07) is 5.84. The van der Waals surface area contributed by atoms with Crippen molar-refractivity contribution in [1.82, 2.24) is 10.2 Å². The van der Waals surface area contributed by atoms with Crippen molar-refractivity contribution in [2.75, 3.05) is 44.7 Å². The number of hydrogen-bond donors (Lipinski definition) is 2. The van der Waals surface area contributed by atoms with Crippen LogP contribution in [0.4, 0.5) is 5.69 Å². The van der Waals surface area contributed by atoms with E-state index in [0.717, 1.165) is 74.9 Å². The van der Waals surface area contributed by atoms with E-state index in [-0.39, 0.29) is 0 Å². The van der Waals surface area contributed by atoms with Gasteiger partial charge in [0.1, 0.15) is 0 Å². The maximum Gasteiger partial charge on any atom is 0.222 e. The van der Waals surface area contributed by atoms with Gasteiger partial charge in [0.05, 0.1) is 13.2 Å². The number of fused-ring (bicyclic) bond motifs is 1. The maximum absolute atomic E-state index is 12.1. The molecule has 2 heterocycles. The molecule has 1 amide bonds. The summed E-state index contributed by atoms with van der Waals surface area (Å²) in [6.45, 7) is 6.51. The number of anilines is 1. The molecule has 2 aliphatic rings. The zero-order chi connectivity index (χ0) is 19.6. The second-order valence-electron chi connectivity index (χ2n) is 7.14. The fourth-order valence-corrected chi connectivity index (χ4v) is 3.41. The normalized spacial score (nSPS) is 17.7. The molecule has 0 aromatic heterocycles. The zero-order valence-electron chi connectivity index (χ0n) is 16.8. The summed E-state index contributed by atoms with van der Waals surface area (Å²) in [4.78, 5) is 18.7. The van der Waals surface area contributed by atoms with E-state index in [9.17, 15) is 4.79 Å². The number of likely N-dealkylation sites (tertiary alicyclic amines) is 1. The first kappa shape index (κ1) is 20.3. The van der Waals surface area contributed by atoms with Crippen molar-refractivity contribution in [2.24, 2.45) is 4.99 Å². The summed E-state index contributed by atoms with van der Waals surface area (Å²) < 4.78 is 11.4. The third kappa shape index (κ3) is 6.04. The van der Waals surface area contributed by atoms with Crippen LogP contribution >= 0.6 is 0 Å². The van der Waals surface area contributed by atoms with Crippen LogP contribution in [0.25, 0.3) is 0 Å². The van der Waals surface area contributed by atoms with Gasteiger partial charge in [0.25, 0.3) is 0 Å². The van der Waals surface area contributed by atoms with E-state index in [0.29, 0.717) is 32.1 Å². The monoisotopic (exact) mass is 388 g/mol. The van der Waals surface area contributed by atoms with Crippen molar-refractivity contribution in [2.45, 2.75) is 45.4 Å². The minimum atomic E-state index is 0.290. The van der Waals surface area contributed by atoms with Crippen LogP contribution in [-0.2, 0) is 4.79 Å². The first-order valence-electron chi connectivity index (χ1n) is 10.5. The number of nitrogens with zero attached hydrogens (tertiary/aromatic N) is 2. The molecule has 1 fully saturated rings. The summed E-state index contributed by atoms with van der Waals surface area (Å²) in [7, 11) is 0. The molecule has 0 unspecified atom stereocenters. The van der Waals surface area contributed by atoms with Crippen LogP contribution in [0.15, 0.2) is 23.2 Å². The van der Waals surface area contributed by atoms with Gasteiger partial charge in [0, 0.05) is 50.8 Å². The Kier molecular flexibility index (Phi) is 7.82. The van der Waals surface area contributed by atoms with Gasteiger partial charge in [-0.1, -0.05) is 6.42 Å². The molecule has 0 saturated carbocycles. The second-order valence-corrected chi connectivity index (χ2v) is 7.14. The summed E-state index contributed by atoms with van der Waals surface area (Å²) >= 11 is 0. The van der Waals surface area contributed by atoms with E-state index >= 15 is 0 Å². The highest BCUT2D eigenvalue weighted by atomic mass is 16.5. The number of nitrogens with one attached hydrogen (secondary N) is 2. The van der Waals surface area contributed by atoms with Gasteiger partial charge in [-0.05, 0) is 38.3 Å². The summed E-state index contributed by atoms with van der Waals surface area (Å²) in [6.07, 6.45) is 5.74. The highest BCUT2D eigenvalue weighted by molar-refractivity contribution is 5.93. The van der Waals surface area contributed by atoms with Crippen molar-refractivity contribution in [3.05, 3.63) is 18.2 Å². The molecule has 0 bridgehead atoms. The molecule has 1 aromatic carbocycles. The fraction of sp³-hybridized carbons (Fsp3) is 0.619. The highest BCUT2D eigenvalue weighted by Crippen LogP contribution is 2.32. The summed E-state index contributed by atoms with van der Waals surface area (Å²) in [5.41, 5.74) is 0.909. The third-order valence-electron chi connectivity index (χ3n) is 4.88. The van der Waals surface area contributed by atoms with Crippen LogP contribution in [0, 0.1) is 0 Å². The number of aliphatic imine (C=N–C) groups is 1. The number of ether oxygens (including phenoxy) is 2. The lowest BCUT2D eigenvalue weighted by atomic mass is 10.2. The van der Waals surface area contributed by atoms with E-state index in [4.69, 9.17) is 9.47 Å². The predicted molar refractivity (Wildman–Crippen MR) is 111 cm³/mol. The predicted octanol–water partition coefficient (Wildman–Crippen LogP) is 3.02. The van der Waals surface area contributed by atoms with Gasteiger partial charge in [-0.3, -0.25) is 9.79 Å². The Balaban J connectivity index is 1.54. The largest absolute Gasteiger partial charge is 0.490 e. The number of hydrogen-bond acceptors (Lipinski definition) is 4. The number of carbonyl (C=O) groups excluding carboxylic acids is 1. The minimum Gasteiger partial charge on any atom is -0.490 e. The average Bonchev–Trinajstić information content (AvgIpc) is 3.05. The second kappa shape index (κ2) is 10.8.